The SMILES string of the molecule is CCC(=O)CCN(CC1CC1)C(=O)OC(C)(C)C. The highest BCUT2D eigenvalue weighted by molar-refractivity contribution is 5.78. The van der Waals surface area contributed by atoms with Gasteiger partial charge in [0.05, 0.1) is 0 Å². The van der Waals surface area contributed by atoms with Crippen molar-refractivity contribution in [3.63, 3.8) is 0 Å². The maximum atomic E-state index is 12.0. The van der Waals surface area contributed by atoms with Gasteiger partial charge in [-0.3, -0.25) is 4.79 Å². The number of nitrogens with zero attached hydrogens (tertiary/aromatic N) is 1. The van der Waals surface area contributed by atoms with Crippen molar-refractivity contribution in [2.75, 3.05) is 13.1 Å². The first-order valence-electron chi connectivity index (χ1n) is 6.81. The lowest BCUT2D eigenvalue weighted by molar-refractivity contribution is -0.119. The molecule has 0 N–H and O–H groups in total. The molecule has 0 atom stereocenters. The monoisotopic (exact) mass is 255 g/mol. The minimum absolute atomic E-state index is 0.194. The smallest absolute Gasteiger partial charge is 0.410 e. The van der Waals surface area contributed by atoms with Gasteiger partial charge in [0.2, 0.25) is 0 Å². The van der Waals surface area contributed by atoms with Crippen molar-refractivity contribution in [1.29, 1.82) is 0 Å². The summed E-state index contributed by atoms with van der Waals surface area (Å²) < 4.78 is 5.37. The molecule has 1 amide bonds. The summed E-state index contributed by atoms with van der Waals surface area (Å²) in [6.45, 7) is 8.64. The molecule has 0 aromatic rings. The van der Waals surface area contributed by atoms with E-state index >= 15 is 0 Å². The van der Waals surface area contributed by atoms with Crippen LogP contribution in [0.2, 0.25) is 0 Å². The summed E-state index contributed by atoms with van der Waals surface area (Å²) in [5.41, 5.74) is -0.479. The Morgan fingerprint density at radius 1 is 1.28 bits per heavy atom. The van der Waals surface area contributed by atoms with Gasteiger partial charge >= 0.3 is 6.09 Å². The van der Waals surface area contributed by atoms with Crippen LogP contribution in [0.5, 0.6) is 0 Å². The molecular weight excluding hydrogens is 230 g/mol. The lowest BCUT2D eigenvalue weighted by Crippen LogP contribution is -2.39. The molecule has 18 heavy (non-hydrogen) atoms. The third-order valence-electron chi connectivity index (χ3n) is 2.88. The molecule has 0 spiro atoms. The van der Waals surface area contributed by atoms with E-state index in [-0.39, 0.29) is 11.9 Å². The Bertz CT molecular complexity index is 303. The van der Waals surface area contributed by atoms with E-state index < -0.39 is 5.60 Å². The third-order valence-corrected chi connectivity index (χ3v) is 2.88. The molecule has 1 rings (SSSR count). The third kappa shape index (κ3) is 6.03. The van der Waals surface area contributed by atoms with Gasteiger partial charge in [-0.05, 0) is 39.5 Å². The Morgan fingerprint density at radius 2 is 1.89 bits per heavy atom. The van der Waals surface area contributed by atoms with E-state index in [1.165, 1.54) is 12.8 Å². The molecule has 0 unspecified atom stereocenters. The van der Waals surface area contributed by atoms with E-state index in [0.29, 0.717) is 25.3 Å². The number of hydrogen-bond acceptors (Lipinski definition) is 3. The first-order chi connectivity index (χ1) is 8.31. The zero-order valence-corrected chi connectivity index (χ0v) is 12.0. The number of hydrogen-bond donors (Lipinski definition) is 0. The molecule has 0 radical (unpaired) electrons. The summed E-state index contributed by atoms with van der Waals surface area (Å²) >= 11 is 0. The topological polar surface area (TPSA) is 46.6 Å². The number of ketones is 1. The van der Waals surface area contributed by atoms with Crippen LogP contribution in [0.25, 0.3) is 0 Å². The molecule has 4 heteroatoms. The predicted molar refractivity (Wildman–Crippen MR) is 70.4 cm³/mol. The summed E-state index contributed by atoms with van der Waals surface area (Å²) in [7, 11) is 0. The quantitative estimate of drug-likeness (QED) is 0.733. The summed E-state index contributed by atoms with van der Waals surface area (Å²) in [6, 6.07) is 0. The fourth-order valence-corrected chi connectivity index (χ4v) is 1.63. The minimum atomic E-state index is -0.479. The maximum absolute atomic E-state index is 12.0. The Kier molecular flexibility index (Phi) is 5.17. The maximum Gasteiger partial charge on any atom is 0.410 e. The van der Waals surface area contributed by atoms with Gasteiger partial charge in [0.15, 0.2) is 0 Å². The molecule has 1 aliphatic carbocycles. The van der Waals surface area contributed by atoms with Crippen LogP contribution < -0.4 is 0 Å². The van der Waals surface area contributed by atoms with E-state index in [4.69, 9.17) is 4.74 Å². The van der Waals surface area contributed by atoms with E-state index in [9.17, 15) is 9.59 Å². The molecule has 0 aromatic heterocycles. The minimum Gasteiger partial charge on any atom is -0.444 e. The largest absolute Gasteiger partial charge is 0.444 e. The van der Waals surface area contributed by atoms with Gasteiger partial charge < -0.3 is 9.64 Å². The molecule has 0 bridgehead atoms. The lowest BCUT2D eigenvalue weighted by atomic mass is 10.2. The highest BCUT2D eigenvalue weighted by Crippen LogP contribution is 2.30. The molecule has 0 aliphatic heterocycles. The van der Waals surface area contributed by atoms with E-state index in [1.807, 2.05) is 27.7 Å². The van der Waals surface area contributed by atoms with Gasteiger partial charge in [0.25, 0.3) is 0 Å². The second-order valence-electron chi connectivity index (χ2n) is 6.01. The van der Waals surface area contributed by atoms with E-state index in [2.05, 4.69) is 0 Å². The Balaban J connectivity index is 2.48. The second-order valence-corrected chi connectivity index (χ2v) is 6.01. The number of ether oxygens (including phenoxy) is 1. The van der Waals surface area contributed by atoms with Crippen molar-refractivity contribution in [2.24, 2.45) is 5.92 Å². The average molecular weight is 255 g/mol. The second kappa shape index (κ2) is 6.21. The number of rotatable bonds is 6. The van der Waals surface area contributed by atoms with Crippen molar-refractivity contribution >= 4 is 11.9 Å². The molecule has 0 saturated heterocycles. The van der Waals surface area contributed by atoms with Gasteiger partial charge in [-0.25, -0.2) is 4.79 Å². The zero-order chi connectivity index (χ0) is 13.8. The van der Waals surface area contributed by atoms with Gasteiger partial charge in [-0.1, -0.05) is 6.92 Å². The van der Waals surface area contributed by atoms with Crippen LogP contribution in [0.1, 0.15) is 53.4 Å². The lowest BCUT2D eigenvalue weighted by Gasteiger charge is -2.27. The van der Waals surface area contributed by atoms with Gasteiger partial charge in [-0.15, -0.1) is 0 Å². The van der Waals surface area contributed by atoms with Crippen LogP contribution >= 0.6 is 0 Å². The summed E-state index contributed by atoms with van der Waals surface area (Å²) in [4.78, 5) is 25.1. The van der Waals surface area contributed by atoms with E-state index in [1.54, 1.807) is 4.90 Å². The van der Waals surface area contributed by atoms with Crippen LogP contribution in [0.4, 0.5) is 4.79 Å². The Labute approximate surface area is 110 Å². The average Bonchev–Trinajstić information content (AvgIpc) is 3.04. The highest BCUT2D eigenvalue weighted by Gasteiger charge is 2.29. The molecule has 0 heterocycles. The van der Waals surface area contributed by atoms with Crippen LogP contribution in [0, 0.1) is 5.92 Å². The van der Waals surface area contributed by atoms with Crippen molar-refractivity contribution in [3.05, 3.63) is 0 Å². The Morgan fingerprint density at radius 3 is 2.33 bits per heavy atom. The van der Waals surface area contributed by atoms with E-state index in [0.717, 1.165) is 6.54 Å². The van der Waals surface area contributed by atoms with Crippen LogP contribution in [0.3, 0.4) is 0 Å². The zero-order valence-electron chi connectivity index (χ0n) is 12.0. The molecule has 1 saturated carbocycles. The molecule has 1 fully saturated rings. The first-order valence-corrected chi connectivity index (χ1v) is 6.81. The number of amides is 1. The van der Waals surface area contributed by atoms with Gasteiger partial charge in [0, 0.05) is 25.9 Å². The summed E-state index contributed by atoms with van der Waals surface area (Å²) in [6.07, 6.45) is 3.04. The molecular formula is C14H25NO3. The molecule has 104 valence electrons. The van der Waals surface area contributed by atoms with Crippen LogP contribution in [0.15, 0.2) is 0 Å². The summed E-state index contributed by atoms with van der Waals surface area (Å²) in [5, 5.41) is 0. The van der Waals surface area contributed by atoms with Crippen molar-refractivity contribution in [3.8, 4) is 0 Å². The Hall–Kier alpha value is -1.06. The normalized spacial score (nSPS) is 15.3. The standard InChI is InChI=1S/C14H25NO3/c1-5-12(16)8-9-15(10-11-6-7-11)13(17)18-14(2,3)4/h11H,5-10H2,1-4H3. The molecule has 1 aliphatic rings. The predicted octanol–water partition coefficient (Wildman–Crippen LogP) is 3.00. The number of carbonyl (C=O) groups is 2. The van der Waals surface area contributed by atoms with Crippen molar-refractivity contribution in [2.45, 2.75) is 59.0 Å². The van der Waals surface area contributed by atoms with Crippen LogP contribution in [-0.2, 0) is 9.53 Å². The fourth-order valence-electron chi connectivity index (χ4n) is 1.63. The van der Waals surface area contributed by atoms with Gasteiger partial charge in [0.1, 0.15) is 11.4 Å². The number of Topliss-reactive ketones (excluding diaryl/α,β-unsaturated/α-hetero) is 1. The van der Waals surface area contributed by atoms with Crippen molar-refractivity contribution < 1.29 is 14.3 Å². The van der Waals surface area contributed by atoms with Gasteiger partial charge in [-0.2, -0.15) is 0 Å². The van der Waals surface area contributed by atoms with Crippen LogP contribution in [-0.4, -0.2) is 35.5 Å². The number of carbonyl (C=O) groups excluding carboxylic acids is 2. The first kappa shape index (κ1) is 15.0. The molecule has 4 nitrogen and oxygen atoms in total. The molecule has 0 aromatic carbocycles. The highest BCUT2D eigenvalue weighted by atomic mass is 16.6. The van der Waals surface area contributed by atoms with Crippen molar-refractivity contribution in [1.82, 2.24) is 4.90 Å². The fraction of sp³-hybridized carbons (Fsp3) is 0.857. The summed E-state index contributed by atoms with van der Waals surface area (Å²) in [5.74, 6) is 0.800.